The number of nitrogens with one attached hydrogen (secondary N) is 1. The van der Waals surface area contributed by atoms with Crippen molar-refractivity contribution in [3.63, 3.8) is 0 Å². The molecule has 1 saturated carbocycles. The number of carbonyl (C=O) groups excluding carboxylic acids is 2. The first kappa shape index (κ1) is 18.7. The Labute approximate surface area is 156 Å². The molecule has 1 atom stereocenters. The number of amides is 1. The lowest BCUT2D eigenvalue weighted by atomic mass is 9.89. The van der Waals surface area contributed by atoms with Crippen LogP contribution < -0.4 is 10.2 Å². The number of anilines is 2. The first-order valence-corrected chi connectivity index (χ1v) is 10.00. The lowest BCUT2D eigenvalue weighted by Gasteiger charge is -2.28. The molecule has 0 bridgehead atoms. The van der Waals surface area contributed by atoms with Crippen molar-refractivity contribution in [3.8, 4) is 0 Å². The Kier molecular flexibility index (Phi) is 6.53. The zero-order chi connectivity index (χ0) is 18.4. The highest BCUT2D eigenvalue weighted by atomic mass is 16.5. The average Bonchev–Trinajstić information content (AvgIpc) is 2.70. The smallest absolute Gasteiger partial charge is 0.309 e. The molecule has 2 fully saturated rings. The number of piperidine rings is 1. The van der Waals surface area contributed by atoms with Gasteiger partial charge in [-0.2, -0.15) is 0 Å². The van der Waals surface area contributed by atoms with E-state index < -0.39 is 6.10 Å². The molecule has 26 heavy (non-hydrogen) atoms. The van der Waals surface area contributed by atoms with Crippen molar-refractivity contribution in [2.24, 2.45) is 5.92 Å². The van der Waals surface area contributed by atoms with E-state index in [-0.39, 0.29) is 17.8 Å². The summed E-state index contributed by atoms with van der Waals surface area (Å²) in [4.78, 5) is 26.9. The number of hydrogen-bond acceptors (Lipinski definition) is 4. The second kappa shape index (κ2) is 9.06. The average molecular weight is 358 g/mol. The summed E-state index contributed by atoms with van der Waals surface area (Å²) in [5.41, 5.74) is 1.93. The van der Waals surface area contributed by atoms with Gasteiger partial charge in [-0.1, -0.05) is 19.3 Å². The Morgan fingerprint density at radius 1 is 1.00 bits per heavy atom. The van der Waals surface area contributed by atoms with Crippen LogP contribution in [0.1, 0.15) is 58.3 Å². The largest absolute Gasteiger partial charge is 0.452 e. The van der Waals surface area contributed by atoms with Gasteiger partial charge in [-0.3, -0.25) is 9.59 Å². The van der Waals surface area contributed by atoms with Gasteiger partial charge < -0.3 is 15.0 Å². The first-order chi connectivity index (χ1) is 12.6. The molecule has 1 aliphatic carbocycles. The van der Waals surface area contributed by atoms with Crippen LogP contribution in [0.15, 0.2) is 24.3 Å². The van der Waals surface area contributed by atoms with Crippen molar-refractivity contribution in [1.29, 1.82) is 0 Å². The van der Waals surface area contributed by atoms with Crippen LogP contribution in [0.3, 0.4) is 0 Å². The van der Waals surface area contributed by atoms with Gasteiger partial charge >= 0.3 is 5.97 Å². The second-order valence-electron chi connectivity index (χ2n) is 7.50. The number of nitrogens with zero attached hydrogens (tertiary/aromatic N) is 1. The molecule has 1 unspecified atom stereocenters. The summed E-state index contributed by atoms with van der Waals surface area (Å²) in [7, 11) is 0. The fourth-order valence-corrected chi connectivity index (χ4v) is 3.81. The number of benzene rings is 1. The predicted octanol–water partition coefficient (Wildman–Crippen LogP) is 4.13. The Balaban J connectivity index is 1.49. The van der Waals surface area contributed by atoms with Crippen LogP contribution in [0.25, 0.3) is 0 Å². The molecule has 0 spiro atoms. The molecule has 1 aromatic rings. The summed E-state index contributed by atoms with van der Waals surface area (Å²) in [6.45, 7) is 3.83. The highest BCUT2D eigenvalue weighted by Crippen LogP contribution is 2.25. The third-order valence-corrected chi connectivity index (χ3v) is 5.46. The lowest BCUT2D eigenvalue weighted by Crippen LogP contribution is -2.33. The number of esters is 1. The van der Waals surface area contributed by atoms with Crippen LogP contribution in [0.4, 0.5) is 11.4 Å². The van der Waals surface area contributed by atoms with Crippen molar-refractivity contribution in [2.75, 3.05) is 23.3 Å². The van der Waals surface area contributed by atoms with Crippen molar-refractivity contribution in [2.45, 2.75) is 64.4 Å². The van der Waals surface area contributed by atoms with E-state index >= 15 is 0 Å². The van der Waals surface area contributed by atoms with Crippen molar-refractivity contribution in [1.82, 2.24) is 0 Å². The minimum absolute atomic E-state index is 0.0390. The Morgan fingerprint density at radius 3 is 2.27 bits per heavy atom. The summed E-state index contributed by atoms with van der Waals surface area (Å²) >= 11 is 0. The Morgan fingerprint density at radius 2 is 1.62 bits per heavy atom. The standard InChI is InChI=1S/C21H30N2O3/c1-16(26-21(25)17-8-4-2-5-9-17)20(24)22-18-10-12-19(13-11-18)23-14-6-3-7-15-23/h10-13,16-17H,2-9,14-15H2,1H3,(H,22,24). The fourth-order valence-electron chi connectivity index (χ4n) is 3.81. The zero-order valence-corrected chi connectivity index (χ0v) is 15.7. The zero-order valence-electron chi connectivity index (χ0n) is 15.7. The molecular weight excluding hydrogens is 328 g/mol. The molecule has 0 aromatic heterocycles. The first-order valence-electron chi connectivity index (χ1n) is 10.00. The minimum atomic E-state index is -0.772. The van der Waals surface area contributed by atoms with E-state index in [0.717, 1.165) is 44.5 Å². The molecule has 1 heterocycles. The van der Waals surface area contributed by atoms with Gasteiger partial charge in [-0.25, -0.2) is 0 Å². The molecule has 5 nitrogen and oxygen atoms in total. The molecule has 1 aromatic carbocycles. The SMILES string of the molecule is CC(OC(=O)C1CCCCC1)C(=O)Nc1ccc(N2CCCCC2)cc1. The van der Waals surface area contributed by atoms with Gasteiger partial charge in [0, 0.05) is 24.5 Å². The normalized spacial score (nSPS) is 19.7. The van der Waals surface area contributed by atoms with E-state index in [1.165, 1.54) is 31.4 Å². The van der Waals surface area contributed by atoms with Crippen LogP contribution in [0.5, 0.6) is 0 Å². The minimum Gasteiger partial charge on any atom is -0.452 e. The molecule has 1 amide bonds. The molecule has 5 heteroatoms. The molecule has 1 aliphatic heterocycles. The van der Waals surface area contributed by atoms with E-state index in [1.54, 1.807) is 6.92 Å². The number of ether oxygens (including phenoxy) is 1. The van der Waals surface area contributed by atoms with E-state index in [4.69, 9.17) is 4.74 Å². The molecule has 3 rings (SSSR count). The molecular formula is C21H30N2O3. The van der Waals surface area contributed by atoms with E-state index in [0.29, 0.717) is 0 Å². The summed E-state index contributed by atoms with van der Waals surface area (Å²) in [5, 5.41) is 2.85. The molecule has 1 saturated heterocycles. The Hall–Kier alpha value is -2.04. The lowest BCUT2D eigenvalue weighted by molar-refractivity contribution is -0.158. The summed E-state index contributed by atoms with van der Waals surface area (Å²) in [6.07, 6.45) is 8.11. The molecule has 1 N–H and O–H groups in total. The monoisotopic (exact) mass is 358 g/mol. The van der Waals surface area contributed by atoms with E-state index in [2.05, 4.69) is 10.2 Å². The maximum Gasteiger partial charge on any atom is 0.309 e. The van der Waals surface area contributed by atoms with Crippen LogP contribution >= 0.6 is 0 Å². The number of hydrogen-bond donors (Lipinski definition) is 1. The van der Waals surface area contributed by atoms with Gasteiger partial charge in [-0.15, -0.1) is 0 Å². The topological polar surface area (TPSA) is 58.6 Å². The van der Waals surface area contributed by atoms with Gasteiger partial charge in [0.2, 0.25) is 0 Å². The quantitative estimate of drug-likeness (QED) is 0.804. The van der Waals surface area contributed by atoms with E-state index in [1.807, 2.05) is 24.3 Å². The third kappa shape index (κ3) is 4.99. The van der Waals surface area contributed by atoms with Crippen LogP contribution in [-0.4, -0.2) is 31.1 Å². The highest BCUT2D eigenvalue weighted by Gasteiger charge is 2.26. The highest BCUT2D eigenvalue weighted by molar-refractivity contribution is 5.95. The van der Waals surface area contributed by atoms with Gasteiger partial charge in [0.15, 0.2) is 6.10 Å². The van der Waals surface area contributed by atoms with Crippen molar-refractivity contribution in [3.05, 3.63) is 24.3 Å². The second-order valence-corrected chi connectivity index (χ2v) is 7.50. The summed E-state index contributed by atoms with van der Waals surface area (Å²) < 4.78 is 5.38. The van der Waals surface area contributed by atoms with Crippen LogP contribution in [0, 0.1) is 5.92 Å². The maximum absolute atomic E-state index is 12.3. The third-order valence-electron chi connectivity index (χ3n) is 5.46. The maximum atomic E-state index is 12.3. The molecule has 0 radical (unpaired) electrons. The van der Waals surface area contributed by atoms with Crippen molar-refractivity contribution >= 4 is 23.3 Å². The summed E-state index contributed by atoms with van der Waals surface area (Å²) in [6, 6.07) is 7.91. The van der Waals surface area contributed by atoms with Gasteiger partial charge in [0.05, 0.1) is 5.92 Å². The molecule has 2 aliphatic rings. The van der Waals surface area contributed by atoms with Gasteiger partial charge in [0.25, 0.3) is 5.91 Å². The van der Waals surface area contributed by atoms with Crippen molar-refractivity contribution < 1.29 is 14.3 Å². The van der Waals surface area contributed by atoms with Gasteiger partial charge in [0.1, 0.15) is 0 Å². The summed E-state index contributed by atoms with van der Waals surface area (Å²) in [5.74, 6) is -0.546. The van der Waals surface area contributed by atoms with Crippen LogP contribution in [0.2, 0.25) is 0 Å². The van der Waals surface area contributed by atoms with Gasteiger partial charge in [-0.05, 0) is 63.3 Å². The number of carbonyl (C=O) groups is 2. The fraction of sp³-hybridized carbons (Fsp3) is 0.619. The Bertz CT molecular complexity index is 602. The van der Waals surface area contributed by atoms with Crippen LogP contribution in [-0.2, 0) is 14.3 Å². The predicted molar refractivity (Wildman–Crippen MR) is 103 cm³/mol. The number of rotatable bonds is 5. The van der Waals surface area contributed by atoms with E-state index in [9.17, 15) is 9.59 Å². The molecule has 142 valence electrons.